The van der Waals surface area contributed by atoms with E-state index in [0.29, 0.717) is 43.5 Å². The van der Waals surface area contributed by atoms with Crippen LogP contribution < -0.4 is 19.1 Å². The lowest BCUT2D eigenvalue weighted by Gasteiger charge is -2.29. The van der Waals surface area contributed by atoms with E-state index in [1.54, 1.807) is 12.1 Å². The third kappa shape index (κ3) is 4.98. The molecule has 0 radical (unpaired) electrons. The molecule has 0 saturated carbocycles. The molecule has 0 aliphatic carbocycles. The van der Waals surface area contributed by atoms with Crippen molar-refractivity contribution in [1.29, 1.82) is 0 Å². The van der Waals surface area contributed by atoms with Crippen LogP contribution in [0.4, 0.5) is 11.4 Å². The molecule has 0 spiro atoms. The highest BCUT2D eigenvalue weighted by atomic mass is 32.2. The van der Waals surface area contributed by atoms with Crippen LogP contribution >= 0.6 is 0 Å². The maximum Gasteiger partial charge on any atom is 0.247 e. The molecule has 4 rings (SSSR count). The van der Waals surface area contributed by atoms with E-state index in [-0.39, 0.29) is 10.6 Å². The van der Waals surface area contributed by atoms with Gasteiger partial charge in [0.15, 0.2) is 11.5 Å². The van der Waals surface area contributed by atoms with E-state index in [4.69, 9.17) is 9.47 Å². The summed E-state index contributed by atoms with van der Waals surface area (Å²) in [5, 5.41) is 2.67. The van der Waals surface area contributed by atoms with Crippen LogP contribution in [0, 0.1) is 0 Å². The zero-order valence-corrected chi connectivity index (χ0v) is 20.6. The molecule has 1 amide bonds. The van der Waals surface area contributed by atoms with Crippen molar-refractivity contribution in [2.24, 2.45) is 0 Å². The number of rotatable bonds is 7. The van der Waals surface area contributed by atoms with E-state index in [9.17, 15) is 21.6 Å². The van der Waals surface area contributed by atoms with Gasteiger partial charge in [0.2, 0.25) is 26.0 Å². The lowest BCUT2D eigenvalue weighted by atomic mass is 10.2. The Morgan fingerprint density at radius 1 is 0.971 bits per heavy atom. The van der Waals surface area contributed by atoms with E-state index in [0.717, 1.165) is 23.4 Å². The van der Waals surface area contributed by atoms with Crippen LogP contribution in [0.5, 0.6) is 11.5 Å². The van der Waals surface area contributed by atoms with Gasteiger partial charge in [0.1, 0.15) is 19.3 Å². The molecule has 1 N–H and O–H groups in total. The zero-order valence-electron chi connectivity index (χ0n) is 18.9. The number of nitrogens with zero attached hydrogens (tertiary/aromatic N) is 2. The van der Waals surface area contributed by atoms with Crippen LogP contribution in [0.3, 0.4) is 0 Å². The molecule has 2 aliphatic heterocycles. The summed E-state index contributed by atoms with van der Waals surface area (Å²) in [4.78, 5) is 13.1. The zero-order chi connectivity index (χ0) is 24.5. The van der Waals surface area contributed by atoms with Gasteiger partial charge in [-0.05, 0) is 56.2 Å². The highest BCUT2D eigenvalue weighted by molar-refractivity contribution is 7.92. The van der Waals surface area contributed by atoms with Crippen LogP contribution in [0.2, 0.25) is 0 Å². The Bertz CT molecular complexity index is 1270. The van der Waals surface area contributed by atoms with Crippen molar-refractivity contribution >= 4 is 37.3 Å². The van der Waals surface area contributed by atoms with E-state index in [2.05, 4.69) is 5.32 Å². The minimum atomic E-state index is -3.83. The molecule has 2 aliphatic rings. The molecular weight excluding hydrogens is 482 g/mol. The molecule has 2 heterocycles. The van der Waals surface area contributed by atoms with Gasteiger partial charge >= 0.3 is 0 Å². The van der Waals surface area contributed by atoms with Gasteiger partial charge in [0.25, 0.3) is 0 Å². The molecule has 12 heteroatoms. The van der Waals surface area contributed by atoms with Gasteiger partial charge in [-0.25, -0.2) is 16.8 Å². The maximum atomic E-state index is 13.0. The second-order valence-electron chi connectivity index (χ2n) is 8.19. The van der Waals surface area contributed by atoms with Gasteiger partial charge in [-0.15, -0.1) is 0 Å². The van der Waals surface area contributed by atoms with Gasteiger partial charge < -0.3 is 14.8 Å². The van der Waals surface area contributed by atoms with Crippen LogP contribution in [0.1, 0.15) is 19.8 Å². The van der Waals surface area contributed by atoms with Gasteiger partial charge in [0.05, 0.1) is 16.8 Å². The fraction of sp³-hybridized carbons (Fsp3) is 0.409. The quantitative estimate of drug-likeness (QED) is 0.606. The van der Waals surface area contributed by atoms with Crippen molar-refractivity contribution in [1.82, 2.24) is 4.31 Å². The molecule has 1 atom stereocenters. The largest absolute Gasteiger partial charge is 0.486 e. The second-order valence-corrected chi connectivity index (χ2v) is 12.0. The lowest BCUT2D eigenvalue weighted by molar-refractivity contribution is -0.116. The van der Waals surface area contributed by atoms with E-state index in [1.165, 1.54) is 41.6 Å². The number of carbonyl (C=O) groups is 1. The number of carbonyl (C=O) groups excluding carboxylic acids is 1. The fourth-order valence-corrected chi connectivity index (χ4v) is 6.70. The molecule has 184 valence electrons. The maximum absolute atomic E-state index is 13.0. The Labute approximate surface area is 199 Å². The minimum Gasteiger partial charge on any atom is -0.486 e. The second kappa shape index (κ2) is 9.43. The molecule has 0 unspecified atom stereocenters. The SMILES string of the molecule is C[C@@H](C(=O)Nc1ccc(S(=O)(=O)N2CCCC2)cc1)N(c1ccc2c(c1)OCCO2)S(C)(=O)=O. The number of sulfonamides is 2. The number of anilines is 2. The van der Waals surface area contributed by atoms with Crippen LogP contribution in [-0.2, 0) is 24.8 Å². The summed E-state index contributed by atoms with van der Waals surface area (Å²) in [6, 6.07) is 9.43. The van der Waals surface area contributed by atoms with Crippen molar-refractivity contribution in [3.63, 3.8) is 0 Å². The molecular formula is C22H27N3O7S2. The molecule has 10 nitrogen and oxygen atoms in total. The van der Waals surface area contributed by atoms with Gasteiger partial charge in [-0.1, -0.05) is 0 Å². The molecule has 0 aromatic heterocycles. The number of hydrogen-bond donors (Lipinski definition) is 1. The highest BCUT2D eigenvalue weighted by Crippen LogP contribution is 2.35. The number of amides is 1. The van der Waals surface area contributed by atoms with Gasteiger partial charge in [0, 0.05) is 24.8 Å². The fourth-order valence-electron chi connectivity index (χ4n) is 4.01. The monoisotopic (exact) mass is 509 g/mol. The van der Waals surface area contributed by atoms with E-state index >= 15 is 0 Å². The Balaban J connectivity index is 1.52. The molecule has 2 aromatic rings. The Hall–Kier alpha value is -2.83. The third-order valence-electron chi connectivity index (χ3n) is 5.69. The first kappa shape index (κ1) is 24.3. The average molecular weight is 510 g/mol. The minimum absolute atomic E-state index is 0.148. The molecule has 1 fully saturated rings. The van der Waals surface area contributed by atoms with Gasteiger partial charge in [-0.3, -0.25) is 9.10 Å². The number of hydrogen-bond acceptors (Lipinski definition) is 7. The number of nitrogens with one attached hydrogen (secondary N) is 1. The average Bonchev–Trinajstić information content (AvgIpc) is 3.34. The predicted octanol–water partition coefficient (Wildman–Crippen LogP) is 2.04. The highest BCUT2D eigenvalue weighted by Gasteiger charge is 2.31. The molecule has 0 bridgehead atoms. The smallest absolute Gasteiger partial charge is 0.247 e. The van der Waals surface area contributed by atoms with Crippen molar-refractivity contribution in [2.75, 3.05) is 42.2 Å². The Morgan fingerprint density at radius 2 is 1.59 bits per heavy atom. The summed E-state index contributed by atoms with van der Waals surface area (Å²) in [7, 11) is -7.39. The summed E-state index contributed by atoms with van der Waals surface area (Å²) in [5.41, 5.74) is 0.620. The number of ether oxygens (including phenoxy) is 2. The van der Waals surface area contributed by atoms with Crippen LogP contribution in [0.15, 0.2) is 47.4 Å². The van der Waals surface area contributed by atoms with E-state index in [1.807, 2.05) is 0 Å². The topological polar surface area (TPSA) is 122 Å². The van der Waals surface area contributed by atoms with Crippen LogP contribution in [0.25, 0.3) is 0 Å². The normalized spacial score (nSPS) is 17.2. The first-order valence-electron chi connectivity index (χ1n) is 10.9. The van der Waals surface area contributed by atoms with Crippen molar-refractivity contribution < 1.29 is 31.1 Å². The molecule has 2 aromatic carbocycles. The Kier molecular flexibility index (Phi) is 6.74. The number of benzene rings is 2. The summed E-state index contributed by atoms with van der Waals surface area (Å²) in [6.07, 6.45) is 2.70. The first-order valence-corrected chi connectivity index (χ1v) is 14.2. The van der Waals surface area contributed by atoms with Crippen molar-refractivity contribution in [2.45, 2.75) is 30.7 Å². The van der Waals surface area contributed by atoms with Crippen LogP contribution in [-0.4, -0.2) is 65.6 Å². The molecule has 34 heavy (non-hydrogen) atoms. The molecule has 1 saturated heterocycles. The standard InChI is InChI=1S/C22H27N3O7S2/c1-16(25(33(2,27)28)18-7-10-20-21(15-18)32-14-13-31-20)22(26)23-17-5-8-19(9-6-17)34(29,30)24-11-3-4-12-24/h5-10,15-16H,3-4,11-14H2,1-2H3,(H,23,26)/t16-/m0/s1. The number of fused-ring (bicyclic) bond motifs is 1. The Morgan fingerprint density at radius 3 is 2.21 bits per heavy atom. The third-order valence-corrected chi connectivity index (χ3v) is 8.85. The van der Waals surface area contributed by atoms with Crippen molar-refractivity contribution in [3.8, 4) is 11.5 Å². The van der Waals surface area contributed by atoms with E-state index < -0.39 is 32.0 Å². The van der Waals surface area contributed by atoms with Gasteiger partial charge in [-0.2, -0.15) is 4.31 Å². The predicted molar refractivity (Wildman–Crippen MR) is 127 cm³/mol. The first-order chi connectivity index (χ1) is 16.1. The summed E-state index contributed by atoms with van der Waals surface area (Å²) in [5.74, 6) is 0.333. The summed E-state index contributed by atoms with van der Waals surface area (Å²) < 4.78 is 64.0. The van der Waals surface area contributed by atoms with Crippen molar-refractivity contribution in [3.05, 3.63) is 42.5 Å². The lowest BCUT2D eigenvalue weighted by Crippen LogP contribution is -2.45. The summed E-state index contributed by atoms with van der Waals surface area (Å²) >= 11 is 0. The summed E-state index contributed by atoms with van der Waals surface area (Å²) in [6.45, 7) is 3.21.